The van der Waals surface area contributed by atoms with Gasteiger partial charge in [-0.05, 0) is 41.8 Å². The maximum absolute atomic E-state index is 6.04. The molecule has 1 unspecified atom stereocenters. The van der Waals surface area contributed by atoms with Gasteiger partial charge < -0.3 is 25.7 Å². The molecule has 23 heavy (non-hydrogen) atoms. The second kappa shape index (κ2) is 7.74. The van der Waals surface area contributed by atoms with Crippen LogP contribution in [0.1, 0.15) is 23.5 Å². The van der Waals surface area contributed by atoms with Crippen molar-refractivity contribution in [3.05, 3.63) is 47.5 Å². The van der Waals surface area contributed by atoms with Crippen LogP contribution in [0, 0.1) is 0 Å². The van der Waals surface area contributed by atoms with E-state index in [0.29, 0.717) is 23.8 Å². The summed E-state index contributed by atoms with van der Waals surface area (Å²) in [4.78, 5) is 0. The molecule has 5 heteroatoms. The third-order valence-electron chi connectivity index (χ3n) is 3.92. The van der Waals surface area contributed by atoms with E-state index in [1.54, 1.807) is 21.3 Å². The number of methoxy groups -OCH3 is 3. The monoisotopic (exact) mass is 316 g/mol. The predicted molar refractivity (Wildman–Crippen MR) is 93.1 cm³/mol. The average Bonchev–Trinajstić information content (AvgIpc) is 2.57. The van der Waals surface area contributed by atoms with Gasteiger partial charge in [-0.1, -0.05) is 12.1 Å². The fourth-order valence-corrected chi connectivity index (χ4v) is 2.65. The molecule has 0 aliphatic rings. The Bertz CT molecular complexity index is 616. The number of rotatable bonds is 7. The van der Waals surface area contributed by atoms with E-state index in [-0.39, 0.29) is 5.92 Å². The molecule has 0 spiro atoms. The summed E-state index contributed by atoms with van der Waals surface area (Å²) in [5.74, 6) is 1.35. The van der Waals surface area contributed by atoms with E-state index < -0.39 is 0 Å². The second-order valence-electron chi connectivity index (χ2n) is 5.34. The zero-order valence-corrected chi connectivity index (χ0v) is 13.8. The summed E-state index contributed by atoms with van der Waals surface area (Å²) < 4.78 is 16.0. The Kier molecular flexibility index (Phi) is 5.71. The first-order valence-electron chi connectivity index (χ1n) is 7.46. The summed E-state index contributed by atoms with van der Waals surface area (Å²) in [6.45, 7) is 0.643. The molecule has 2 rings (SSSR count). The van der Waals surface area contributed by atoms with Crippen molar-refractivity contribution in [1.29, 1.82) is 0 Å². The lowest BCUT2D eigenvalue weighted by atomic mass is 9.88. The van der Waals surface area contributed by atoms with Gasteiger partial charge in [-0.2, -0.15) is 0 Å². The molecule has 5 nitrogen and oxygen atoms in total. The van der Waals surface area contributed by atoms with Crippen molar-refractivity contribution in [3.63, 3.8) is 0 Å². The normalized spacial score (nSPS) is 12.0. The largest absolute Gasteiger partial charge is 0.494 e. The van der Waals surface area contributed by atoms with Crippen LogP contribution in [-0.2, 0) is 4.74 Å². The molecular weight excluding hydrogens is 292 g/mol. The lowest BCUT2D eigenvalue weighted by Crippen LogP contribution is -2.07. The third-order valence-corrected chi connectivity index (χ3v) is 3.92. The SMILES string of the molecule is COCCC(c1ccc(N)cc1)c1cc(OC)c(N)c(OC)c1. The van der Waals surface area contributed by atoms with Gasteiger partial charge in [0, 0.05) is 25.3 Å². The smallest absolute Gasteiger partial charge is 0.145 e. The van der Waals surface area contributed by atoms with Gasteiger partial charge in [0.05, 0.1) is 14.2 Å². The molecule has 0 aliphatic carbocycles. The topological polar surface area (TPSA) is 79.7 Å². The van der Waals surface area contributed by atoms with Crippen molar-refractivity contribution in [2.75, 3.05) is 39.4 Å². The Hall–Kier alpha value is -2.40. The Morgan fingerprint density at radius 1 is 0.870 bits per heavy atom. The minimum absolute atomic E-state index is 0.138. The van der Waals surface area contributed by atoms with Crippen LogP contribution in [0.4, 0.5) is 11.4 Å². The van der Waals surface area contributed by atoms with Crippen molar-refractivity contribution in [2.45, 2.75) is 12.3 Å². The van der Waals surface area contributed by atoms with Gasteiger partial charge in [-0.3, -0.25) is 0 Å². The third kappa shape index (κ3) is 3.87. The summed E-state index contributed by atoms with van der Waals surface area (Å²) in [5, 5.41) is 0. The summed E-state index contributed by atoms with van der Waals surface area (Å²) in [7, 11) is 4.90. The van der Waals surface area contributed by atoms with Crippen LogP contribution in [0.25, 0.3) is 0 Å². The first-order valence-corrected chi connectivity index (χ1v) is 7.46. The highest BCUT2D eigenvalue weighted by Gasteiger charge is 2.18. The maximum atomic E-state index is 6.04. The summed E-state index contributed by atoms with van der Waals surface area (Å²) >= 11 is 0. The van der Waals surface area contributed by atoms with Crippen LogP contribution >= 0.6 is 0 Å². The molecule has 2 aromatic rings. The molecule has 0 heterocycles. The number of hydrogen-bond donors (Lipinski definition) is 2. The van der Waals surface area contributed by atoms with E-state index >= 15 is 0 Å². The Balaban J connectivity index is 2.48. The number of ether oxygens (including phenoxy) is 3. The molecular formula is C18H24N2O3. The molecule has 4 N–H and O–H groups in total. The van der Waals surface area contributed by atoms with Crippen molar-refractivity contribution in [2.24, 2.45) is 0 Å². The Labute approximate surface area is 137 Å². The van der Waals surface area contributed by atoms with Gasteiger partial charge in [-0.15, -0.1) is 0 Å². The quantitative estimate of drug-likeness (QED) is 0.768. The molecule has 2 aromatic carbocycles. The van der Waals surface area contributed by atoms with Gasteiger partial charge in [0.1, 0.15) is 17.2 Å². The van der Waals surface area contributed by atoms with Crippen LogP contribution in [0.2, 0.25) is 0 Å². The summed E-state index contributed by atoms with van der Waals surface area (Å²) in [5.41, 5.74) is 15.3. The zero-order chi connectivity index (χ0) is 16.8. The highest BCUT2D eigenvalue weighted by molar-refractivity contribution is 5.65. The zero-order valence-electron chi connectivity index (χ0n) is 13.8. The van der Waals surface area contributed by atoms with E-state index in [4.69, 9.17) is 25.7 Å². The molecule has 0 aromatic heterocycles. The van der Waals surface area contributed by atoms with Crippen molar-refractivity contribution in [3.8, 4) is 11.5 Å². The van der Waals surface area contributed by atoms with E-state index in [2.05, 4.69) is 0 Å². The van der Waals surface area contributed by atoms with Crippen molar-refractivity contribution in [1.82, 2.24) is 0 Å². The lowest BCUT2D eigenvalue weighted by molar-refractivity contribution is 0.191. The summed E-state index contributed by atoms with van der Waals surface area (Å²) in [6.07, 6.45) is 0.830. The fraction of sp³-hybridized carbons (Fsp3) is 0.333. The van der Waals surface area contributed by atoms with Crippen molar-refractivity contribution < 1.29 is 14.2 Å². The first-order chi connectivity index (χ1) is 11.1. The molecule has 1 atom stereocenters. The molecule has 124 valence electrons. The average molecular weight is 316 g/mol. The Morgan fingerprint density at radius 2 is 1.43 bits per heavy atom. The Morgan fingerprint density at radius 3 is 1.91 bits per heavy atom. The summed E-state index contributed by atoms with van der Waals surface area (Å²) in [6, 6.07) is 11.8. The number of anilines is 2. The lowest BCUT2D eigenvalue weighted by Gasteiger charge is -2.20. The van der Waals surface area contributed by atoms with Gasteiger partial charge in [0.2, 0.25) is 0 Å². The molecule has 0 saturated heterocycles. The molecule has 0 aliphatic heterocycles. The van der Waals surface area contributed by atoms with Crippen LogP contribution in [0.15, 0.2) is 36.4 Å². The molecule has 0 bridgehead atoms. The molecule has 0 saturated carbocycles. The maximum Gasteiger partial charge on any atom is 0.145 e. The van der Waals surface area contributed by atoms with Gasteiger partial charge in [0.15, 0.2) is 0 Å². The fourth-order valence-electron chi connectivity index (χ4n) is 2.65. The number of nitrogens with two attached hydrogens (primary N) is 2. The second-order valence-corrected chi connectivity index (χ2v) is 5.34. The van der Waals surface area contributed by atoms with Gasteiger partial charge in [-0.25, -0.2) is 0 Å². The molecule has 0 fully saturated rings. The molecule has 0 radical (unpaired) electrons. The number of nitrogen functional groups attached to an aromatic ring is 2. The van der Waals surface area contributed by atoms with E-state index in [0.717, 1.165) is 23.2 Å². The van der Waals surface area contributed by atoms with Gasteiger partial charge >= 0.3 is 0 Å². The van der Waals surface area contributed by atoms with Crippen LogP contribution in [-0.4, -0.2) is 27.9 Å². The number of hydrogen-bond acceptors (Lipinski definition) is 5. The van der Waals surface area contributed by atoms with Gasteiger partial charge in [0.25, 0.3) is 0 Å². The van der Waals surface area contributed by atoms with Crippen LogP contribution in [0.5, 0.6) is 11.5 Å². The van der Waals surface area contributed by atoms with E-state index in [1.165, 1.54) is 0 Å². The highest BCUT2D eigenvalue weighted by Crippen LogP contribution is 2.38. The minimum Gasteiger partial charge on any atom is -0.494 e. The number of benzene rings is 2. The highest BCUT2D eigenvalue weighted by atomic mass is 16.5. The van der Waals surface area contributed by atoms with E-state index in [9.17, 15) is 0 Å². The first kappa shape index (κ1) is 17.0. The predicted octanol–water partition coefficient (Wildman–Crippen LogP) is 3.04. The molecule has 0 amide bonds. The van der Waals surface area contributed by atoms with Crippen LogP contribution in [0.3, 0.4) is 0 Å². The van der Waals surface area contributed by atoms with Crippen LogP contribution < -0.4 is 20.9 Å². The minimum atomic E-state index is 0.138. The van der Waals surface area contributed by atoms with E-state index in [1.807, 2.05) is 36.4 Å². The standard InChI is InChI=1S/C18H24N2O3/c1-21-9-8-15(12-4-6-14(19)7-5-12)13-10-16(22-2)18(20)17(11-13)23-3/h4-7,10-11,15H,8-9,19-20H2,1-3H3. The van der Waals surface area contributed by atoms with Crippen molar-refractivity contribution >= 4 is 11.4 Å².